The van der Waals surface area contributed by atoms with Gasteiger partial charge in [0.05, 0.1) is 39.9 Å². The molecule has 0 fully saturated rings. The third-order valence-electron chi connectivity index (χ3n) is 3.73. The number of hydrazone groups is 2. The number of hydrogen-bond donors (Lipinski definition) is 2. The van der Waals surface area contributed by atoms with Crippen molar-refractivity contribution in [1.29, 1.82) is 0 Å². The lowest BCUT2D eigenvalue weighted by Gasteiger charge is -2.09. The molecule has 0 heterocycles. The number of ether oxygens (including phenoxy) is 4. The summed E-state index contributed by atoms with van der Waals surface area (Å²) in [7, 11) is 3.18. The van der Waals surface area contributed by atoms with E-state index in [4.69, 9.17) is 31.2 Å². The molecule has 0 aromatic heterocycles. The van der Waals surface area contributed by atoms with Crippen LogP contribution in [0.2, 0.25) is 0 Å². The lowest BCUT2D eigenvalue weighted by Crippen LogP contribution is -2.28. The predicted molar refractivity (Wildman–Crippen MR) is 122 cm³/mol. The minimum Gasteiger partial charge on any atom is -0.493 e. The highest BCUT2D eigenvalue weighted by Gasteiger charge is 2.05. The first-order valence-electron chi connectivity index (χ1n) is 9.35. The van der Waals surface area contributed by atoms with Crippen LogP contribution in [-0.2, 0) is 0 Å². The van der Waals surface area contributed by atoms with Gasteiger partial charge in [-0.1, -0.05) is 0 Å². The van der Waals surface area contributed by atoms with Crippen molar-refractivity contribution in [2.24, 2.45) is 10.2 Å². The fourth-order valence-electron chi connectivity index (χ4n) is 2.43. The molecule has 160 valence electrons. The van der Waals surface area contributed by atoms with Gasteiger partial charge in [0.25, 0.3) is 0 Å². The number of thiocarbonyl (C=S) groups is 1. The largest absolute Gasteiger partial charge is 0.493 e. The molecule has 0 spiro atoms. The maximum Gasteiger partial charge on any atom is 0.207 e. The lowest BCUT2D eigenvalue weighted by molar-refractivity contribution is 0.311. The SMILES string of the molecule is CCOc1ccc(/C=N/NC(=S)N/N=C/c2ccc(OCC)c(OC)c2)cc1OC. The van der Waals surface area contributed by atoms with Crippen molar-refractivity contribution in [3.8, 4) is 23.0 Å². The molecule has 8 nitrogen and oxygen atoms in total. The van der Waals surface area contributed by atoms with E-state index < -0.39 is 0 Å². The zero-order valence-electron chi connectivity index (χ0n) is 17.5. The van der Waals surface area contributed by atoms with Crippen molar-refractivity contribution in [2.45, 2.75) is 13.8 Å². The smallest absolute Gasteiger partial charge is 0.207 e. The molecule has 2 aromatic carbocycles. The number of rotatable bonds is 10. The molecule has 0 radical (unpaired) electrons. The number of nitrogens with one attached hydrogen (secondary N) is 2. The number of benzene rings is 2. The Morgan fingerprint density at radius 3 is 1.60 bits per heavy atom. The Morgan fingerprint density at radius 2 is 1.23 bits per heavy atom. The van der Waals surface area contributed by atoms with Crippen LogP contribution in [0.3, 0.4) is 0 Å². The van der Waals surface area contributed by atoms with Gasteiger partial charge in [-0.3, -0.25) is 10.9 Å². The summed E-state index contributed by atoms with van der Waals surface area (Å²) in [5, 5.41) is 8.43. The molecule has 0 atom stereocenters. The number of hydrogen-bond acceptors (Lipinski definition) is 7. The van der Waals surface area contributed by atoms with E-state index in [-0.39, 0.29) is 5.11 Å². The van der Waals surface area contributed by atoms with Gasteiger partial charge in [-0.2, -0.15) is 10.2 Å². The summed E-state index contributed by atoms with van der Waals surface area (Å²) in [6.07, 6.45) is 3.24. The summed E-state index contributed by atoms with van der Waals surface area (Å²) in [5.74, 6) is 2.64. The molecule has 0 aliphatic carbocycles. The van der Waals surface area contributed by atoms with E-state index in [9.17, 15) is 0 Å². The maximum absolute atomic E-state index is 5.49. The fraction of sp³-hybridized carbons (Fsp3) is 0.286. The van der Waals surface area contributed by atoms with Crippen molar-refractivity contribution in [3.63, 3.8) is 0 Å². The van der Waals surface area contributed by atoms with Gasteiger partial charge in [0.2, 0.25) is 5.11 Å². The molecule has 2 rings (SSSR count). The lowest BCUT2D eigenvalue weighted by atomic mass is 10.2. The number of nitrogens with zero attached hydrogens (tertiary/aromatic N) is 2. The monoisotopic (exact) mass is 430 g/mol. The summed E-state index contributed by atoms with van der Waals surface area (Å²) in [6.45, 7) is 4.97. The average Bonchev–Trinajstić information content (AvgIpc) is 2.76. The molecular weight excluding hydrogens is 404 g/mol. The zero-order valence-corrected chi connectivity index (χ0v) is 18.3. The maximum atomic E-state index is 5.49. The van der Waals surface area contributed by atoms with Crippen LogP contribution >= 0.6 is 12.2 Å². The molecule has 0 amide bonds. The molecule has 0 bridgehead atoms. The molecule has 0 saturated heterocycles. The van der Waals surface area contributed by atoms with Crippen LogP contribution in [0.4, 0.5) is 0 Å². The Morgan fingerprint density at radius 1 is 0.800 bits per heavy atom. The van der Waals surface area contributed by atoms with Gasteiger partial charge in [-0.05, 0) is 73.6 Å². The van der Waals surface area contributed by atoms with Crippen molar-refractivity contribution in [1.82, 2.24) is 10.9 Å². The Bertz CT molecular complexity index is 831. The first kappa shape index (κ1) is 23.0. The second-order valence-electron chi connectivity index (χ2n) is 5.76. The third-order valence-corrected chi connectivity index (χ3v) is 3.92. The van der Waals surface area contributed by atoms with E-state index in [1.54, 1.807) is 26.6 Å². The molecule has 0 aliphatic rings. The Hall–Kier alpha value is -3.33. The Labute approximate surface area is 181 Å². The van der Waals surface area contributed by atoms with Gasteiger partial charge in [0.1, 0.15) is 0 Å². The van der Waals surface area contributed by atoms with Crippen molar-refractivity contribution < 1.29 is 18.9 Å². The highest BCUT2D eigenvalue weighted by atomic mass is 32.1. The normalized spacial score (nSPS) is 10.8. The van der Waals surface area contributed by atoms with Gasteiger partial charge < -0.3 is 18.9 Å². The molecular formula is C21H26N4O4S. The summed E-state index contributed by atoms with van der Waals surface area (Å²) in [4.78, 5) is 0. The molecule has 30 heavy (non-hydrogen) atoms. The molecule has 0 unspecified atom stereocenters. The molecule has 0 saturated carbocycles. The van der Waals surface area contributed by atoms with Crippen LogP contribution in [0.1, 0.15) is 25.0 Å². The molecule has 9 heteroatoms. The predicted octanol–water partition coefficient (Wildman–Crippen LogP) is 3.33. The van der Waals surface area contributed by atoms with Crippen LogP contribution in [0.15, 0.2) is 46.6 Å². The van der Waals surface area contributed by atoms with E-state index in [0.717, 1.165) is 11.1 Å². The van der Waals surface area contributed by atoms with E-state index in [2.05, 4.69) is 21.1 Å². The first-order valence-corrected chi connectivity index (χ1v) is 9.75. The second kappa shape index (κ2) is 12.3. The summed E-state index contributed by atoms with van der Waals surface area (Å²) < 4.78 is 21.6. The van der Waals surface area contributed by atoms with E-state index in [1.165, 1.54) is 0 Å². The summed E-state index contributed by atoms with van der Waals surface area (Å²) in [5.41, 5.74) is 7.06. The average molecular weight is 431 g/mol. The summed E-state index contributed by atoms with van der Waals surface area (Å²) >= 11 is 5.15. The zero-order chi connectivity index (χ0) is 21.8. The van der Waals surface area contributed by atoms with E-state index >= 15 is 0 Å². The minimum absolute atomic E-state index is 0.248. The van der Waals surface area contributed by atoms with Gasteiger partial charge >= 0.3 is 0 Å². The fourth-order valence-corrected chi connectivity index (χ4v) is 2.54. The quantitative estimate of drug-likeness (QED) is 0.340. The van der Waals surface area contributed by atoms with Crippen LogP contribution in [0.5, 0.6) is 23.0 Å². The summed E-state index contributed by atoms with van der Waals surface area (Å²) in [6, 6.07) is 11.0. The van der Waals surface area contributed by atoms with Crippen LogP contribution in [-0.4, -0.2) is 45.0 Å². The highest BCUT2D eigenvalue weighted by molar-refractivity contribution is 7.80. The first-order chi connectivity index (χ1) is 14.6. The minimum atomic E-state index is 0.248. The Kier molecular flexibility index (Phi) is 9.39. The van der Waals surface area contributed by atoms with Crippen molar-refractivity contribution in [3.05, 3.63) is 47.5 Å². The molecule has 0 aliphatic heterocycles. The second-order valence-corrected chi connectivity index (χ2v) is 6.16. The van der Waals surface area contributed by atoms with Crippen molar-refractivity contribution >= 4 is 29.8 Å². The van der Waals surface area contributed by atoms with Crippen molar-refractivity contribution in [2.75, 3.05) is 27.4 Å². The van der Waals surface area contributed by atoms with E-state index in [1.807, 2.05) is 50.2 Å². The van der Waals surface area contributed by atoms with Gasteiger partial charge in [0, 0.05) is 0 Å². The van der Waals surface area contributed by atoms with Crippen LogP contribution < -0.4 is 29.8 Å². The van der Waals surface area contributed by atoms with Crippen LogP contribution in [0, 0.1) is 0 Å². The standard InChI is InChI=1S/C21H26N4O4S/c1-5-28-17-9-7-15(11-19(17)26-3)13-22-24-21(30)25-23-14-16-8-10-18(29-6-2)20(12-16)27-4/h7-14H,5-6H2,1-4H3,(H2,24,25,30)/b22-13+,23-14+. The molecule has 2 aromatic rings. The van der Waals surface area contributed by atoms with Gasteiger partial charge in [0.15, 0.2) is 23.0 Å². The van der Waals surface area contributed by atoms with Crippen LogP contribution in [0.25, 0.3) is 0 Å². The van der Waals surface area contributed by atoms with E-state index in [0.29, 0.717) is 36.2 Å². The highest BCUT2D eigenvalue weighted by Crippen LogP contribution is 2.28. The Balaban J connectivity index is 1.89. The third kappa shape index (κ3) is 6.93. The van der Waals surface area contributed by atoms with Gasteiger partial charge in [-0.25, -0.2) is 0 Å². The molecule has 2 N–H and O–H groups in total. The number of methoxy groups -OCH3 is 2. The van der Waals surface area contributed by atoms with Gasteiger partial charge in [-0.15, -0.1) is 0 Å². The topological polar surface area (TPSA) is 85.7 Å².